The molecule has 0 spiro atoms. The normalized spacial score (nSPS) is 10.7. The van der Waals surface area contributed by atoms with E-state index in [4.69, 9.17) is 5.73 Å². The fourth-order valence-electron chi connectivity index (χ4n) is 2.80. The van der Waals surface area contributed by atoms with Crippen LogP contribution in [0.15, 0.2) is 60.7 Å². The first-order valence-electron chi connectivity index (χ1n) is 7.97. The Balaban J connectivity index is 1.98. The van der Waals surface area contributed by atoms with E-state index < -0.39 is 4.92 Å². The average molecular weight is 354 g/mol. The van der Waals surface area contributed by atoms with Crippen LogP contribution < -0.4 is 5.73 Å². The predicted octanol–water partition coefficient (Wildman–Crippen LogP) is 4.64. The highest BCUT2D eigenvalue weighted by Crippen LogP contribution is 2.29. The van der Waals surface area contributed by atoms with E-state index in [1.807, 2.05) is 0 Å². The van der Waals surface area contributed by atoms with Crippen molar-refractivity contribution in [2.45, 2.75) is 12.8 Å². The van der Waals surface area contributed by atoms with E-state index in [1.54, 1.807) is 24.3 Å². The lowest BCUT2D eigenvalue weighted by atomic mass is 9.96. The van der Waals surface area contributed by atoms with Gasteiger partial charge in [0.2, 0.25) is 0 Å². The molecule has 0 bridgehead atoms. The zero-order chi connectivity index (χ0) is 18.7. The molecule has 0 amide bonds. The lowest BCUT2D eigenvalue weighted by Crippen LogP contribution is -2.04. The highest BCUT2D eigenvalue weighted by Gasteiger charge is 2.15. The minimum atomic E-state index is -0.470. The van der Waals surface area contributed by atoms with E-state index in [0.717, 1.165) is 11.1 Å². The summed E-state index contributed by atoms with van der Waals surface area (Å²) in [5, 5.41) is 11.3. The van der Waals surface area contributed by atoms with E-state index in [0.29, 0.717) is 29.7 Å². The molecule has 0 aliphatic carbocycles. The second-order valence-electron chi connectivity index (χ2n) is 6.04. The maximum atomic E-state index is 13.1. The Hall–Kier alpha value is -3.28. The van der Waals surface area contributed by atoms with Gasteiger partial charge in [0, 0.05) is 17.8 Å². The van der Waals surface area contributed by atoms with Crippen LogP contribution in [0.2, 0.25) is 0 Å². The van der Waals surface area contributed by atoms with Gasteiger partial charge in [0.1, 0.15) is 11.6 Å². The SMILES string of the molecule is Nc1c(Cc2ccc(F)cc2)cc([N+](=O)[O-])cc1Cc1ccc(F)cc1. The molecule has 6 heteroatoms. The van der Waals surface area contributed by atoms with Gasteiger partial charge >= 0.3 is 0 Å². The van der Waals surface area contributed by atoms with Crippen molar-refractivity contribution in [3.63, 3.8) is 0 Å². The van der Waals surface area contributed by atoms with Gasteiger partial charge in [-0.2, -0.15) is 0 Å². The number of nitrogens with two attached hydrogens (primary N) is 1. The molecule has 0 unspecified atom stereocenters. The Morgan fingerprint density at radius 3 is 1.54 bits per heavy atom. The Kier molecular flexibility index (Phi) is 4.93. The molecule has 0 atom stereocenters. The molecular weight excluding hydrogens is 338 g/mol. The summed E-state index contributed by atoms with van der Waals surface area (Å²) in [6.45, 7) is 0. The molecule has 0 aromatic heterocycles. The summed E-state index contributed by atoms with van der Waals surface area (Å²) in [4.78, 5) is 10.8. The van der Waals surface area contributed by atoms with Crippen LogP contribution >= 0.6 is 0 Å². The van der Waals surface area contributed by atoms with Crippen molar-refractivity contribution in [3.8, 4) is 0 Å². The zero-order valence-electron chi connectivity index (χ0n) is 13.8. The molecule has 4 nitrogen and oxygen atoms in total. The molecule has 0 heterocycles. The first kappa shape index (κ1) is 17.5. The first-order chi connectivity index (χ1) is 12.4. The van der Waals surface area contributed by atoms with Gasteiger partial charge in [-0.3, -0.25) is 10.1 Å². The number of nitrogens with zero attached hydrogens (tertiary/aromatic N) is 1. The molecule has 3 aromatic rings. The second-order valence-corrected chi connectivity index (χ2v) is 6.04. The highest BCUT2D eigenvalue weighted by molar-refractivity contribution is 5.61. The number of anilines is 1. The third-order valence-corrected chi connectivity index (χ3v) is 4.16. The number of non-ortho nitro benzene ring substituents is 1. The van der Waals surface area contributed by atoms with E-state index in [-0.39, 0.29) is 17.3 Å². The van der Waals surface area contributed by atoms with E-state index in [2.05, 4.69) is 0 Å². The van der Waals surface area contributed by atoms with Crippen molar-refractivity contribution in [1.82, 2.24) is 0 Å². The minimum Gasteiger partial charge on any atom is -0.398 e. The van der Waals surface area contributed by atoms with Gasteiger partial charge in [-0.15, -0.1) is 0 Å². The molecule has 0 saturated heterocycles. The summed E-state index contributed by atoms with van der Waals surface area (Å²) < 4.78 is 26.1. The number of hydrogen-bond acceptors (Lipinski definition) is 3. The molecule has 0 aliphatic heterocycles. The van der Waals surface area contributed by atoms with Crippen molar-refractivity contribution in [2.75, 3.05) is 5.73 Å². The molecule has 2 N–H and O–H groups in total. The maximum Gasteiger partial charge on any atom is 0.270 e. The van der Waals surface area contributed by atoms with Crippen molar-refractivity contribution in [1.29, 1.82) is 0 Å². The standard InChI is InChI=1S/C20H16F2N2O2/c21-17-5-1-13(2-6-17)9-15-11-19(24(25)26)12-16(20(15)23)10-14-3-7-18(22)8-4-14/h1-8,11-12H,9-10,23H2. The molecular formula is C20H16F2N2O2. The van der Waals surface area contributed by atoms with Gasteiger partial charge in [-0.1, -0.05) is 24.3 Å². The van der Waals surface area contributed by atoms with Gasteiger partial charge in [-0.05, 0) is 59.4 Å². The summed E-state index contributed by atoms with van der Waals surface area (Å²) in [5.74, 6) is -0.699. The summed E-state index contributed by atoms with van der Waals surface area (Å²) in [6, 6.07) is 14.7. The van der Waals surface area contributed by atoms with Gasteiger partial charge < -0.3 is 5.73 Å². The molecule has 0 aliphatic rings. The summed E-state index contributed by atoms with van der Waals surface area (Å²) >= 11 is 0. The Bertz CT molecular complexity index is 871. The molecule has 0 fully saturated rings. The quantitative estimate of drug-likeness (QED) is 0.412. The molecule has 3 aromatic carbocycles. The fraction of sp³-hybridized carbons (Fsp3) is 0.100. The Morgan fingerprint density at radius 2 is 1.19 bits per heavy atom. The lowest BCUT2D eigenvalue weighted by Gasteiger charge is -2.12. The minimum absolute atomic E-state index is 0.0616. The zero-order valence-corrected chi connectivity index (χ0v) is 13.8. The number of rotatable bonds is 5. The van der Waals surface area contributed by atoms with Gasteiger partial charge in [-0.25, -0.2) is 8.78 Å². The van der Waals surface area contributed by atoms with Gasteiger partial charge in [0.25, 0.3) is 5.69 Å². The van der Waals surface area contributed by atoms with E-state index >= 15 is 0 Å². The maximum absolute atomic E-state index is 13.1. The van der Waals surface area contributed by atoms with Crippen LogP contribution in [0.1, 0.15) is 22.3 Å². The van der Waals surface area contributed by atoms with Crippen LogP contribution in [0.3, 0.4) is 0 Å². The van der Waals surface area contributed by atoms with Crippen LogP contribution in [0.25, 0.3) is 0 Å². The Morgan fingerprint density at radius 1 is 0.808 bits per heavy atom. The molecule has 0 saturated carbocycles. The van der Waals surface area contributed by atoms with Crippen LogP contribution in [0.4, 0.5) is 20.2 Å². The van der Waals surface area contributed by atoms with Crippen LogP contribution in [-0.2, 0) is 12.8 Å². The molecule has 3 rings (SSSR count). The van der Waals surface area contributed by atoms with Crippen molar-refractivity contribution < 1.29 is 13.7 Å². The predicted molar refractivity (Wildman–Crippen MR) is 95.9 cm³/mol. The van der Waals surface area contributed by atoms with Crippen LogP contribution in [-0.4, -0.2) is 4.92 Å². The number of halogens is 2. The monoisotopic (exact) mass is 354 g/mol. The Labute approximate surface area is 149 Å². The largest absolute Gasteiger partial charge is 0.398 e. The third kappa shape index (κ3) is 4.03. The van der Waals surface area contributed by atoms with Crippen molar-refractivity contribution >= 4 is 11.4 Å². The number of benzene rings is 3. The molecule has 0 radical (unpaired) electrons. The summed E-state index contributed by atoms with van der Waals surface area (Å²) in [7, 11) is 0. The van der Waals surface area contributed by atoms with Gasteiger partial charge in [0.15, 0.2) is 0 Å². The number of nitro groups is 1. The number of hydrogen-bond donors (Lipinski definition) is 1. The fourth-order valence-corrected chi connectivity index (χ4v) is 2.80. The second kappa shape index (κ2) is 7.31. The molecule has 132 valence electrons. The van der Waals surface area contributed by atoms with E-state index in [9.17, 15) is 18.9 Å². The third-order valence-electron chi connectivity index (χ3n) is 4.16. The van der Waals surface area contributed by atoms with Crippen LogP contribution in [0.5, 0.6) is 0 Å². The van der Waals surface area contributed by atoms with Gasteiger partial charge in [0.05, 0.1) is 4.92 Å². The summed E-state index contributed by atoms with van der Waals surface area (Å²) in [6.07, 6.45) is 0.703. The van der Waals surface area contributed by atoms with Crippen molar-refractivity contribution in [3.05, 3.63) is 105 Å². The topological polar surface area (TPSA) is 69.2 Å². The van der Waals surface area contributed by atoms with Crippen LogP contribution in [0, 0.1) is 21.7 Å². The van der Waals surface area contributed by atoms with Crippen molar-refractivity contribution in [2.24, 2.45) is 0 Å². The number of nitrogen functional groups attached to an aromatic ring is 1. The van der Waals surface area contributed by atoms with E-state index in [1.165, 1.54) is 36.4 Å². The summed E-state index contributed by atoms with van der Waals surface area (Å²) in [5.41, 5.74) is 9.42. The first-order valence-corrected chi connectivity index (χ1v) is 7.97. The lowest BCUT2D eigenvalue weighted by molar-refractivity contribution is -0.384. The molecule has 26 heavy (non-hydrogen) atoms. The smallest absolute Gasteiger partial charge is 0.270 e. The number of nitro benzene ring substituents is 1. The highest BCUT2D eigenvalue weighted by atomic mass is 19.1. The average Bonchev–Trinajstić information content (AvgIpc) is 2.62.